The Kier molecular flexibility index (Phi) is 8.75. The van der Waals surface area contributed by atoms with Gasteiger partial charge in [0, 0.05) is 45.8 Å². The monoisotopic (exact) mass is 496 g/mol. The highest BCUT2D eigenvalue weighted by molar-refractivity contribution is 14.0. The second-order valence-corrected chi connectivity index (χ2v) is 6.87. The maximum absolute atomic E-state index is 12.1. The van der Waals surface area contributed by atoms with E-state index in [1.165, 1.54) is 11.1 Å². The molecular formula is C20H29IN6O. The van der Waals surface area contributed by atoms with E-state index in [-0.39, 0.29) is 36.4 Å². The van der Waals surface area contributed by atoms with E-state index in [0.29, 0.717) is 12.5 Å². The summed E-state index contributed by atoms with van der Waals surface area (Å²) in [6.07, 6.45) is 5.91. The van der Waals surface area contributed by atoms with Gasteiger partial charge in [-0.1, -0.05) is 30.3 Å². The van der Waals surface area contributed by atoms with Crippen molar-refractivity contribution in [2.45, 2.75) is 18.8 Å². The van der Waals surface area contributed by atoms with E-state index in [2.05, 4.69) is 44.0 Å². The van der Waals surface area contributed by atoms with Gasteiger partial charge in [0.15, 0.2) is 5.96 Å². The van der Waals surface area contributed by atoms with Crippen molar-refractivity contribution >= 4 is 35.8 Å². The average Bonchev–Trinajstić information content (AvgIpc) is 3.32. The molecule has 1 aliphatic rings. The van der Waals surface area contributed by atoms with Crippen molar-refractivity contribution < 1.29 is 4.79 Å². The molecule has 1 fully saturated rings. The highest BCUT2D eigenvalue weighted by atomic mass is 127. The summed E-state index contributed by atoms with van der Waals surface area (Å²) in [5.41, 5.74) is 2.48. The van der Waals surface area contributed by atoms with Crippen molar-refractivity contribution in [1.29, 1.82) is 0 Å². The number of rotatable bonds is 6. The van der Waals surface area contributed by atoms with Crippen LogP contribution in [0.5, 0.6) is 0 Å². The number of halogens is 1. The molecule has 0 aliphatic carbocycles. The van der Waals surface area contributed by atoms with Crippen LogP contribution in [0.1, 0.15) is 23.5 Å². The second kappa shape index (κ2) is 11.0. The molecule has 3 rings (SSSR count). The van der Waals surface area contributed by atoms with Crippen molar-refractivity contribution in [2.75, 3.05) is 33.2 Å². The van der Waals surface area contributed by atoms with Gasteiger partial charge in [-0.2, -0.15) is 5.10 Å². The second-order valence-electron chi connectivity index (χ2n) is 6.87. The molecule has 1 atom stereocenters. The zero-order chi connectivity index (χ0) is 19.1. The van der Waals surface area contributed by atoms with Crippen LogP contribution in [-0.2, 0) is 18.3 Å². The topological polar surface area (TPSA) is 74.6 Å². The Morgan fingerprint density at radius 3 is 2.75 bits per heavy atom. The molecule has 0 radical (unpaired) electrons. The normalized spacial score (nSPS) is 16.6. The largest absolute Gasteiger partial charge is 0.354 e. The Hall–Kier alpha value is -2.10. The average molecular weight is 496 g/mol. The lowest BCUT2D eigenvalue weighted by atomic mass is 10.0. The van der Waals surface area contributed by atoms with E-state index in [9.17, 15) is 4.79 Å². The number of likely N-dealkylation sites (tertiary alicyclic amines) is 1. The molecule has 8 heteroatoms. The number of hydrogen-bond acceptors (Lipinski definition) is 3. The van der Waals surface area contributed by atoms with Crippen LogP contribution in [-0.4, -0.2) is 59.8 Å². The lowest BCUT2D eigenvalue weighted by Crippen LogP contribution is -2.44. The van der Waals surface area contributed by atoms with Gasteiger partial charge in [-0.3, -0.25) is 14.5 Å². The first kappa shape index (κ1) is 22.2. The lowest BCUT2D eigenvalue weighted by Gasteiger charge is -2.21. The number of guanidine groups is 1. The number of benzene rings is 1. The third-order valence-electron chi connectivity index (χ3n) is 4.88. The third kappa shape index (κ3) is 6.22. The van der Waals surface area contributed by atoms with E-state index < -0.39 is 0 Å². The molecule has 1 aromatic carbocycles. The number of aryl methyl sites for hydroxylation is 1. The molecule has 1 unspecified atom stereocenters. The van der Waals surface area contributed by atoms with Gasteiger partial charge in [0.25, 0.3) is 0 Å². The van der Waals surface area contributed by atoms with Crippen LogP contribution >= 0.6 is 24.0 Å². The Balaban J connectivity index is 0.00000280. The number of aliphatic imine (C=N–C) groups is 1. The van der Waals surface area contributed by atoms with Crippen molar-refractivity contribution in [3.8, 4) is 0 Å². The van der Waals surface area contributed by atoms with Crippen LogP contribution in [0.2, 0.25) is 0 Å². The zero-order valence-corrected chi connectivity index (χ0v) is 18.8. The molecule has 7 nitrogen and oxygen atoms in total. The Labute approximate surface area is 183 Å². The van der Waals surface area contributed by atoms with Gasteiger partial charge in [-0.15, -0.1) is 24.0 Å². The standard InChI is InChI=1S/C20H28N6O.HI/c1-21-20(26-11-9-17(15-26)18-12-24-25(2)14-18)23-13-19(27)22-10-8-16-6-4-3-5-7-16;/h3-7,12,14,17H,8-11,13,15H2,1-2H3,(H,21,23)(H,22,27);1H. The lowest BCUT2D eigenvalue weighted by molar-refractivity contribution is -0.120. The predicted octanol–water partition coefficient (Wildman–Crippen LogP) is 1.76. The maximum atomic E-state index is 12.1. The van der Waals surface area contributed by atoms with Crippen LogP contribution in [0.15, 0.2) is 47.7 Å². The van der Waals surface area contributed by atoms with Crippen LogP contribution in [0.3, 0.4) is 0 Å². The van der Waals surface area contributed by atoms with Gasteiger partial charge in [0.2, 0.25) is 5.91 Å². The molecule has 0 spiro atoms. The Morgan fingerprint density at radius 1 is 1.29 bits per heavy atom. The number of nitrogens with one attached hydrogen (secondary N) is 2. The minimum Gasteiger partial charge on any atom is -0.354 e. The molecular weight excluding hydrogens is 467 g/mol. The predicted molar refractivity (Wildman–Crippen MR) is 122 cm³/mol. The van der Waals surface area contributed by atoms with Gasteiger partial charge < -0.3 is 15.5 Å². The first-order valence-electron chi connectivity index (χ1n) is 9.40. The van der Waals surface area contributed by atoms with Crippen LogP contribution in [0.4, 0.5) is 0 Å². The first-order chi connectivity index (χ1) is 13.2. The van der Waals surface area contributed by atoms with E-state index in [1.807, 2.05) is 36.1 Å². The summed E-state index contributed by atoms with van der Waals surface area (Å²) in [6.45, 7) is 2.68. The summed E-state index contributed by atoms with van der Waals surface area (Å²) < 4.78 is 1.84. The van der Waals surface area contributed by atoms with E-state index >= 15 is 0 Å². The highest BCUT2D eigenvalue weighted by Gasteiger charge is 2.27. The highest BCUT2D eigenvalue weighted by Crippen LogP contribution is 2.26. The zero-order valence-electron chi connectivity index (χ0n) is 16.5. The molecule has 2 N–H and O–H groups in total. The number of amides is 1. The molecule has 1 amide bonds. The smallest absolute Gasteiger partial charge is 0.239 e. The van der Waals surface area contributed by atoms with Crippen molar-refractivity contribution in [2.24, 2.45) is 12.0 Å². The van der Waals surface area contributed by atoms with Crippen molar-refractivity contribution in [1.82, 2.24) is 25.3 Å². The molecule has 1 aliphatic heterocycles. The number of carbonyl (C=O) groups is 1. The van der Waals surface area contributed by atoms with Crippen LogP contribution < -0.4 is 10.6 Å². The maximum Gasteiger partial charge on any atom is 0.239 e. The summed E-state index contributed by atoms with van der Waals surface area (Å²) >= 11 is 0. The van der Waals surface area contributed by atoms with Gasteiger partial charge in [0.05, 0.1) is 12.7 Å². The number of hydrogen-bond donors (Lipinski definition) is 2. The number of carbonyl (C=O) groups excluding carboxylic acids is 1. The summed E-state index contributed by atoms with van der Waals surface area (Å²) in [7, 11) is 3.69. The van der Waals surface area contributed by atoms with Crippen LogP contribution in [0.25, 0.3) is 0 Å². The quantitative estimate of drug-likeness (QED) is 0.363. The van der Waals surface area contributed by atoms with Crippen molar-refractivity contribution in [3.63, 3.8) is 0 Å². The van der Waals surface area contributed by atoms with Gasteiger partial charge in [0.1, 0.15) is 0 Å². The molecule has 2 aromatic rings. The summed E-state index contributed by atoms with van der Waals surface area (Å²) in [5.74, 6) is 1.21. The summed E-state index contributed by atoms with van der Waals surface area (Å²) in [4.78, 5) is 18.6. The fourth-order valence-corrected chi connectivity index (χ4v) is 3.42. The Morgan fingerprint density at radius 2 is 2.07 bits per heavy atom. The van der Waals surface area contributed by atoms with Crippen LogP contribution in [0, 0.1) is 0 Å². The third-order valence-corrected chi connectivity index (χ3v) is 4.88. The molecule has 0 bridgehead atoms. The fraction of sp³-hybridized carbons (Fsp3) is 0.450. The van der Waals surface area contributed by atoms with E-state index in [1.54, 1.807) is 7.05 Å². The molecule has 152 valence electrons. The summed E-state index contributed by atoms with van der Waals surface area (Å²) in [6, 6.07) is 10.2. The van der Waals surface area contributed by atoms with Crippen molar-refractivity contribution in [3.05, 3.63) is 53.9 Å². The SMILES string of the molecule is CN=C(NCC(=O)NCCc1ccccc1)N1CCC(c2cnn(C)c2)C1.I. The molecule has 1 saturated heterocycles. The van der Waals surface area contributed by atoms with E-state index in [0.717, 1.165) is 31.9 Å². The minimum absolute atomic E-state index is 0. The van der Waals surface area contributed by atoms with Gasteiger partial charge in [-0.25, -0.2) is 0 Å². The minimum atomic E-state index is -0.0184. The fourth-order valence-electron chi connectivity index (χ4n) is 3.42. The number of aromatic nitrogens is 2. The van der Waals surface area contributed by atoms with Gasteiger partial charge >= 0.3 is 0 Å². The molecule has 1 aromatic heterocycles. The summed E-state index contributed by atoms with van der Waals surface area (Å²) in [5, 5.41) is 10.4. The van der Waals surface area contributed by atoms with E-state index in [4.69, 9.17) is 0 Å². The number of nitrogens with zero attached hydrogens (tertiary/aromatic N) is 4. The molecule has 0 saturated carbocycles. The molecule has 28 heavy (non-hydrogen) atoms. The van der Waals surface area contributed by atoms with Gasteiger partial charge in [-0.05, 0) is 24.0 Å². The Bertz CT molecular complexity index is 776. The molecule has 2 heterocycles. The first-order valence-corrected chi connectivity index (χ1v) is 9.40.